The molecule has 0 heterocycles. The van der Waals surface area contributed by atoms with Gasteiger partial charge in [-0.1, -0.05) is 36.8 Å². The van der Waals surface area contributed by atoms with E-state index in [-0.39, 0.29) is 6.09 Å². The number of amides is 1. The van der Waals surface area contributed by atoms with Gasteiger partial charge >= 0.3 is 6.09 Å². The van der Waals surface area contributed by atoms with Gasteiger partial charge in [-0.25, -0.2) is 4.79 Å². The molecule has 0 saturated heterocycles. The van der Waals surface area contributed by atoms with Crippen LogP contribution in [-0.4, -0.2) is 11.7 Å². The summed E-state index contributed by atoms with van der Waals surface area (Å²) >= 11 is 0. The van der Waals surface area contributed by atoms with Crippen molar-refractivity contribution in [1.29, 1.82) is 0 Å². The summed E-state index contributed by atoms with van der Waals surface area (Å²) in [7, 11) is 0. The Kier molecular flexibility index (Phi) is 4.95. The maximum absolute atomic E-state index is 12.3. The third kappa shape index (κ3) is 3.61. The standard InChI is InChI=1S/C22H31NO2/c1-16-9-8-10-17(2)22(16)14-13-18(15-22)21(3,4)25-20(24)23-19-11-6-5-7-12-19/h5-7,9,11-12,17-18H,8,10,13-15H2,1-4H3,(H,23,24)/t17-,18-,22+/m0/s1. The van der Waals surface area contributed by atoms with Gasteiger partial charge in [-0.3, -0.25) is 5.32 Å². The minimum Gasteiger partial charge on any atom is -0.443 e. The van der Waals surface area contributed by atoms with E-state index in [2.05, 4.69) is 39.1 Å². The van der Waals surface area contributed by atoms with Crippen LogP contribution in [0.25, 0.3) is 0 Å². The first-order chi connectivity index (χ1) is 11.8. The van der Waals surface area contributed by atoms with Crippen LogP contribution in [0, 0.1) is 17.3 Å². The Balaban J connectivity index is 1.66. The maximum Gasteiger partial charge on any atom is 0.412 e. The second kappa shape index (κ2) is 6.86. The van der Waals surface area contributed by atoms with E-state index < -0.39 is 5.60 Å². The molecule has 136 valence electrons. The van der Waals surface area contributed by atoms with Crippen molar-refractivity contribution in [3.05, 3.63) is 42.0 Å². The largest absolute Gasteiger partial charge is 0.443 e. The minimum absolute atomic E-state index is 0.319. The van der Waals surface area contributed by atoms with Gasteiger partial charge in [0.25, 0.3) is 0 Å². The summed E-state index contributed by atoms with van der Waals surface area (Å²) in [5.41, 5.74) is 2.18. The van der Waals surface area contributed by atoms with Crippen molar-refractivity contribution >= 4 is 11.8 Å². The molecule has 3 heteroatoms. The van der Waals surface area contributed by atoms with E-state index in [4.69, 9.17) is 4.74 Å². The molecule has 0 radical (unpaired) electrons. The zero-order chi connectivity index (χ0) is 18.1. The van der Waals surface area contributed by atoms with Crippen LogP contribution in [0.15, 0.2) is 42.0 Å². The number of rotatable bonds is 3. The molecule has 0 bridgehead atoms. The lowest BCUT2D eigenvalue weighted by Crippen LogP contribution is -2.39. The highest BCUT2D eigenvalue weighted by Gasteiger charge is 2.50. The molecular formula is C22H31NO2. The van der Waals surface area contributed by atoms with Crippen molar-refractivity contribution in [2.45, 2.75) is 65.4 Å². The summed E-state index contributed by atoms with van der Waals surface area (Å²) in [6.07, 6.45) is 8.02. The van der Waals surface area contributed by atoms with Gasteiger partial charge in [-0.15, -0.1) is 0 Å². The Morgan fingerprint density at radius 3 is 2.64 bits per heavy atom. The quantitative estimate of drug-likeness (QED) is 0.667. The van der Waals surface area contributed by atoms with Crippen molar-refractivity contribution in [1.82, 2.24) is 0 Å². The molecule has 25 heavy (non-hydrogen) atoms. The molecule has 3 atom stereocenters. The molecule has 2 aliphatic carbocycles. The second-order valence-electron chi connectivity index (χ2n) is 8.45. The number of para-hydroxylation sites is 1. The summed E-state index contributed by atoms with van der Waals surface area (Å²) in [6.45, 7) is 8.82. The van der Waals surface area contributed by atoms with Gasteiger partial charge in [-0.2, -0.15) is 0 Å². The third-order valence-electron chi connectivity index (χ3n) is 6.69. The fourth-order valence-electron chi connectivity index (χ4n) is 4.88. The first-order valence-electron chi connectivity index (χ1n) is 9.56. The van der Waals surface area contributed by atoms with Crippen LogP contribution in [0.3, 0.4) is 0 Å². The van der Waals surface area contributed by atoms with Crippen LogP contribution < -0.4 is 5.32 Å². The van der Waals surface area contributed by atoms with Gasteiger partial charge in [0.15, 0.2) is 0 Å². The van der Waals surface area contributed by atoms with E-state index >= 15 is 0 Å². The molecular weight excluding hydrogens is 310 g/mol. The smallest absolute Gasteiger partial charge is 0.412 e. The zero-order valence-corrected chi connectivity index (χ0v) is 16.0. The van der Waals surface area contributed by atoms with Gasteiger partial charge in [0, 0.05) is 5.69 Å². The van der Waals surface area contributed by atoms with Gasteiger partial charge in [0.2, 0.25) is 0 Å². The van der Waals surface area contributed by atoms with Gasteiger partial charge in [0.1, 0.15) is 5.60 Å². The number of carbonyl (C=O) groups is 1. The molecule has 1 amide bonds. The predicted molar refractivity (Wildman–Crippen MR) is 103 cm³/mol. The van der Waals surface area contributed by atoms with E-state index in [9.17, 15) is 4.79 Å². The Bertz CT molecular complexity index is 649. The Morgan fingerprint density at radius 2 is 1.96 bits per heavy atom. The molecule has 1 saturated carbocycles. The van der Waals surface area contributed by atoms with Crippen LogP contribution in [0.4, 0.5) is 10.5 Å². The van der Waals surface area contributed by atoms with Crippen LogP contribution in [0.5, 0.6) is 0 Å². The molecule has 0 unspecified atom stereocenters. The number of hydrogen-bond donors (Lipinski definition) is 1. The van der Waals surface area contributed by atoms with Crippen molar-refractivity contribution in [2.24, 2.45) is 17.3 Å². The lowest BCUT2D eigenvalue weighted by Gasteiger charge is -2.41. The monoisotopic (exact) mass is 341 g/mol. The summed E-state index contributed by atoms with van der Waals surface area (Å²) in [5.74, 6) is 1.12. The predicted octanol–water partition coefficient (Wildman–Crippen LogP) is 6.18. The minimum atomic E-state index is -0.459. The number of anilines is 1. The molecule has 3 rings (SSSR count). The van der Waals surface area contributed by atoms with E-state index in [1.807, 2.05) is 30.3 Å². The highest BCUT2D eigenvalue weighted by molar-refractivity contribution is 5.84. The van der Waals surface area contributed by atoms with Crippen LogP contribution in [0.2, 0.25) is 0 Å². The lowest BCUT2D eigenvalue weighted by molar-refractivity contribution is -0.00192. The van der Waals surface area contributed by atoms with Crippen molar-refractivity contribution in [3.63, 3.8) is 0 Å². The number of carbonyl (C=O) groups excluding carboxylic acids is 1. The van der Waals surface area contributed by atoms with E-state index in [0.717, 1.165) is 24.4 Å². The summed E-state index contributed by atoms with van der Waals surface area (Å²) in [6, 6.07) is 9.48. The van der Waals surface area contributed by atoms with Crippen molar-refractivity contribution < 1.29 is 9.53 Å². The van der Waals surface area contributed by atoms with E-state index in [1.165, 1.54) is 19.3 Å². The number of allylic oxidation sites excluding steroid dienone is 2. The molecule has 3 nitrogen and oxygen atoms in total. The number of hydrogen-bond acceptors (Lipinski definition) is 2. The van der Waals surface area contributed by atoms with Crippen molar-refractivity contribution in [3.8, 4) is 0 Å². The summed E-state index contributed by atoms with van der Waals surface area (Å²) < 4.78 is 5.86. The summed E-state index contributed by atoms with van der Waals surface area (Å²) in [4.78, 5) is 12.3. The lowest BCUT2D eigenvalue weighted by atomic mass is 9.64. The molecule has 0 aromatic heterocycles. The second-order valence-corrected chi connectivity index (χ2v) is 8.45. The van der Waals surface area contributed by atoms with Crippen molar-refractivity contribution in [2.75, 3.05) is 5.32 Å². The molecule has 1 aromatic rings. The normalized spacial score (nSPS) is 29.4. The van der Waals surface area contributed by atoms with E-state index in [0.29, 0.717) is 11.3 Å². The highest BCUT2D eigenvalue weighted by atomic mass is 16.6. The Labute approximate surface area is 151 Å². The number of ether oxygens (including phenoxy) is 1. The topological polar surface area (TPSA) is 38.3 Å². The van der Waals surface area contributed by atoms with Crippen LogP contribution in [-0.2, 0) is 4.74 Å². The fourth-order valence-corrected chi connectivity index (χ4v) is 4.88. The molecule has 1 spiro atoms. The molecule has 1 aromatic carbocycles. The first kappa shape index (κ1) is 18.0. The number of nitrogens with one attached hydrogen (secondary N) is 1. The van der Waals surface area contributed by atoms with Crippen LogP contribution in [0.1, 0.15) is 59.8 Å². The van der Waals surface area contributed by atoms with Gasteiger partial charge < -0.3 is 4.74 Å². The average Bonchev–Trinajstić information content (AvgIpc) is 3.01. The third-order valence-corrected chi connectivity index (χ3v) is 6.69. The molecule has 2 aliphatic rings. The highest BCUT2D eigenvalue weighted by Crippen LogP contribution is 2.57. The Hall–Kier alpha value is -1.77. The number of benzene rings is 1. The van der Waals surface area contributed by atoms with E-state index in [1.54, 1.807) is 5.57 Å². The SMILES string of the molecule is CC1=CCC[C@H](C)[C@@]12CC[C@H](C(C)(C)OC(=O)Nc1ccccc1)C2. The zero-order valence-electron chi connectivity index (χ0n) is 16.0. The molecule has 1 N–H and O–H groups in total. The fraction of sp³-hybridized carbons (Fsp3) is 0.591. The summed E-state index contributed by atoms with van der Waals surface area (Å²) in [5, 5.41) is 2.84. The maximum atomic E-state index is 12.3. The molecule has 1 fully saturated rings. The average molecular weight is 341 g/mol. The first-order valence-corrected chi connectivity index (χ1v) is 9.56. The molecule has 0 aliphatic heterocycles. The Morgan fingerprint density at radius 1 is 1.24 bits per heavy atom. The van der Waals surface area contributed by atoms with Gasteiger partial charge in [-0.05, 0) is 82.3 Å². The van der Waals surface area contributed by atoms with Gasteiger partial charge in [0.05, 0.1) is 0 Å². The van der Waals surface area contributed by atoms with Crippen LogP contribution >= 0.6 is 0 Å².